The molecule has 0 spiro atoms. The molecule has 23 heavy (non-hydrogen) atoms. The van der Waals surface area contributed by atoms with Crippen molar-refractivity contribution in [3.63, 3.8) is 0 Å². The number of benzene rings is 1. The Balaban J connectivity index is 1.64. The highest BCUT2D eigenvalue weighted by atomic mass is 32.2. The van der Waals surface area contributed by atoms with E-state index in [1.165, 1.54) is 29.0 Å². The largest absolute Gasteiger partial charge is 0.394 e. The Morgan fingerprint density at radius 1 is 1.26 bits per heavy atom. The Kier molecular flexibility index (Phi) is 5.75. The highest BCUT2D eigenvalue weighted by Crippen LogP contribution is 2.28. The molecule has 0 radical (unpaired) electrons. The Hall–Kier alpha value is -1.30. The standard InChI is InChI=1S/C18H25N3OS/c1-23-17-6-4-15(5-7-17)13-20-10-2-3-16(14-20)18-8-9-19-21(18)11-12-22/h4-9,16,22H,2-3,10-14H2,1H3/t16-/m0/s1. The van der Waals surface area contributed by atoms with Gasteiger partial charge in [-0.05, 0) is 49.4 Å². The second-order valence-electron chi connectivity index (χ2n) is 6.13. The maximum absolute atomic E-state index is 9.18. The molecular weight excluding hydrogens is 306 g/mol. The predicted molar refractivity (Wildman–Crippen MR) is 94.8 cm³/mol. The lowest BCUT2D eigenvalue weighted by Gasteiger charge is -2.33. The van der Waals surface area contributed by atoms with Crippen molar-refractivity contribution >= 4 is 11.8 Å². The van der Waals surface area contributed by atoms with Crippen LogP contribution in [-0.2, 0) is 13.1 Å². The van der Waals surface area contributed by atoms with Crippen LogP contribution in [0.2, 0.25) is 0 Å². The molecule has 0 saturated carbocycles. The maximum atomic E-state index is 9.18. The molecule has 1 atom stereocenters. The molecule has 1 aliphatic heterocycles. The van der Waals surface area contributed by atoms with Gasteiger partial charge in [-0.15, -0.1) is 11.8 Å². The summed E-state index contributed by atoms with van der Waals surface area (Å²) < 4.78 is 1.96. The summed E-state index contributed by atoms with van der Waals surface area (Å²) in [4.78, 5) is 3.86. The minimum atomic E-state index is 0.146. The summed E-state index contributed by atoms with van der Waals surface area (Å²) in [6.07, 6.45) is 6.39. The van der Waals surface area contributed by atoms with Gasteiger partial charge in [-0.2, -0.15) is 5.10 Å². The fraction of sp³-hybridized carbons (Fsp3) is 0.500. The summed E-state index contributed by atoms with van der Waals surface area (Å²) >= 11 is 1.78. The maximum Gasteiger partial charge on any atom is 0.0644 e. The van der Waals surface area contributed by atoms with Gasteiger partial charge in [0.2, 0.25) is 0 Å². The summed E-state index contributed by atoms with van der Waals surface area (Å²) in [5.41, 5.74) is 2.65. The lowest BCUT2D eigenvalue weighted by atomic mass is 9.94. The van der Waals surface area contributed by atoms with Crippen LogP contribution in [0.4, 0.5) is 0 Å². The van der Waals surface area contributed by atoms with Crippen LogP contribution >= 0.6 is 11.8 Å². The second kappa shape index (κ2) is 7.99. The normalized spacial score (nSPS) is 19.1. The molecule has 0 amide bonds. The van der Waals surface area contributed by atoms with Crippen LogP contribution in [0.1, 0.15) is 30.0 Å². The molecule has 5 heteroatoms. The zero-order valence-corrected chi connectivity index (χ0v) is 14.5. The number of nitrogens with zero attached hydrogens (tertiary/aromatic N) is 3. The van der Waals surface area contributed by atoms with E-state index in [0.717, 1.165) is 19.6 Å². The van der Waals surface area contributed by atoms with Crippen molar-refractivity contribution in [3.8, 4) is 0 Å². The SMILES string of the molecule is CSc1ccc(CN2CCC[C@H](c3ccnn3CCO)C2)cc1. The van der Waals surface area contributed by atoms with Gasteiger partial charge in [-0.25, -0.2) is 0 Å². The molecule has 1 aliphatic rings. The summed E-state index contributed by atoms with van der Waals surface area (Å²) in [7, 11) is 0. The molecule has 4 nitrogen and oxygen atoms in total. The van der Waals surface area contributed by atoms with Gasteiger partial charge in [0.25, 0.3) is 0 Å². The summed E-state index contributed by atoms with van der Waals surface area (Å²) in [5.74, 6) is 0.517. The van der Waals surface area contributed by atoms with Gasteiger partial charge in [-0.1, -0.05) is 12.1 Å². The first-order valence-corrected chi connectivity index (χ1v) is 9.50. The van der Waals surface area contributed by atoms with Crippen LogP contribution in [0.15, 0.2) is 41.4 Å². The number of piperidine rings is 1. The highest BCUT2D eigenvalue weighted by molar-refractivity contribution is 7.98. The first-order valence-electron chi connectivity index (χ1n) is 8.28. The summed E-state index contributed by atoms with van der Waals surface area (Å²) in [6.45, 7) is 3.98. The quantitative estimate of drug-likeness (QED) is 0.826. The number of rotatable bonds is 6. The number of thioether (sulfide) groups is 1. The van der Waals surface area contributed by atoms with E-state index in [0.29, 0.717) is 12.5 Å². The second-order valence-corrected chi connectivity index (χ2v) is 7.00. The zero-order chi connectivity index (χ0) is 16.1. The molecule has 1 fully saturated rings. The minimum absolute atomic E-state index is 0.146. The number of likely N-dealkylation sites (tertiary alicyclic amines) is 1. The molecule has 1 aromatic heterocycles. The van der Waals surface area contributed by atoms with Crippen molar-refractivity contribution in [1.82, 2.24) is 14.7 Å². The van der Waals surface area contributed by atoms with Crippen LogP contribution in [0.5, 0.6) is 0 Å². The first kappa shape index (κ1) is 16.6. The van der Waals surface area contributed by atoms with E-state index < -0.39 is 0 Å². The number of aliphatic hydroxyl groups is 1. The molecule has 1 N–H and O–H groups in total. The van der Waals surface area contributed by atoms with Gasteiger partial charge >= 0.3 is 0 Å². The molecule has 0 bridgehead atoms. The van der Waals surface area contributed by atoms with Crippen LogP contribution in [0.3, 0.4) is 0 Å². The third-order valence-corrected chi connectivity index (χ3v) is 5.29. The molecule has 0 unspecified atom stereocenters. The van der Waals surface area contributed by atoms with Gasteiger partial charge in [0, 0.05) is 35.8 Å². The summed E-state index contributed by atoms with van der Waals surface area (Å²) in [6, 6.07) is 11.0. The molecule has 0 aliphatic carbocycles. The number of aromatic nitrogens is 2. The molecule has 1 aromatic carbocycles. The monoisotopic (exact) mass is 331 g/mol. The number of hydrogen-bond donors (Lipinski definition) is 1. The van der Waals surface area contributed by atoms with Crippen molar-refractivity contribution < 1.29 is 5.11 Å². The molecule has 3 rings (SSSR count). The fourth-order valence-corrected chi connectivity index (χ4v) is 3.81. The molecule has 2 aromatic rings. The Morgan fingerprint density at radius 2 is 2.09 bits per heavy atom. The summed E-state index contributed by atoms with van der Waals surface area (Å²) in [5, 5.41) is 13.5. The van der Waals surface area contributed by atoms with Crippen LogP contribution < -0.4 is 0 Å². The Labute approximate surface area is 142 Å². The van der Waals surface area contributed by atoms with Crippen molar-refractivity contribution in [2.45, 2.75) is 36.7 Å². The van der Waals surface area contributed by atoms with E-state index in [2.05, 4.69) is 46.6 Å². The fourth-order valence-electron chi connectivity index (χ4n) is 3.40. The lowest BCUT2D eigenvalue weighted by Crippen LogP contribution is -2.34. The highest BCUT2D eigenvalue weighted by Gasteiger charge is 2.23. The lowest BCUT2D eigenvalue weighted by molar-refractivity contribution is 0.193. The van der Waals surface area contributed by atoms with Crippen LogP contribution in [0, 0.1) is 0 Å². The van der Waals surface area contributed by atoms with Gasteiger partial charge in [0.1, 0.15) is 0 Å². The third-order valence-electron chi connectivity index (χ3n) is 4.55. The van der Waals surface area contributed by atoms with Gasteiger partial charge in [-0.3, -0.25) is 9.58 Å². The van der Waals surface area contributed by atoms with E-state index in [4.69, 9.17) is 0 Å². The molecule has 124 valence electrons. The van der Waals surface area contributed by atoms with Crippen molar-refractivity contribution in [2.75, 3.05) is 26.0 Å². The van der Waals surface area contributed by atoms with E-state index in [1.54, 1.807) is 11.8 Å². The van der Waals surface area contributed by atoms with Crippen LogP contribution in [-0.4, -0.2) is 45.7 Å². The van der Waals surface area contributed by atoms with Gasteiger partial charge < -0.3 is 5.11 Å². The van der Waals surface area contributed by atoms with Gasteiger partial charge in [0.05, 0.1) is 13.2 Å². The van der Waals surface area contributed by atoms with E-state index >= 15 is 0 Å². The average Bonchev–Trinajstić information content (AvgIpc) is 3.04. The zero-order valence-electron chi connectivity index (χ0n) is 13.7. The molecule has 1 saturated heterocycles. The third kappa shape index (κ3) is 4.16. The predicted octanol–water partition coefficient (Wildman–Crippen LogP) is 2.98. The molecular formula is C18H25N3OS. The minimum Gasteiger partial charge on any atom is -0.394 e. The molecule has 2 heterocycles. The number of hydrogen-bond acceptors (Lipinski definition) is 4. The topological polar surface area (TPSA) is 41.3 Å². The van der Waals surface area contributed by atoms with E-state index in [1.807, 2.05) is 10.9 Å². The van der Waals surface area contributed by atoms with Gasteiger partial charge in [0.15, 0.2) is 0 Å². The van der Waals surface area contributed by atoms with Crippen molar-refractivity contribution in [1.29, 1.82) is 0 Å². The van der Waals surface area contributed by atoms with Crippen molar-refractivity contribution in [3.05, 3.63) is 47.8 Å². The Morgan fingerprint density at radius 3 is 2.83 bits per heavy atom. The smallest absolute Gasteiger partial charge is 0.0644 e. The average molecular weight is 331 g/mol. The number of aliphatic hydroxyl groups excluding tert-OH is 1. The van der Waals surface area contributed by atoms with E-state index in [9.17, 15) is 5.11 Å². The van der Waals surface area contributed by atoms with E-state index in [-0.39, 0.29) is 6.61 Å². The Bertz CT molecular complexity index is 611. The van der Waals surface area contributed by atoms with Crippen molar-refractivity contribution in [2.24, 2.45) is 0 Å². The first-order chi connectivity index (χ1) is 11.3. The van der Waals surface area contributed by atoms with Crippen LogP contribution in [0.25, 0.3) is 0 Å².